The van der Waals surface area contributed by atoms with Gasteiger partial charge in [0.1, 0.15) is 0 Å². The summed E-state index contributed by atoms with van der Waals surface area (Å²) in [5.41, 5.74) is 1.44. The number of benzene rings is 2. The fourth-order valence-corrected chi connectivity index (χ4v) is 1.03. The summed E-state index contributed by atoms with van der Waals surface area (Å²) in [6.07, 6.45) is 0. The van der Waals surface area contributed by atoms with E-state index in [0.717, 1.165) is 5.69 Å². The Labute approximate surface area is 95.5 Å². The predicted molar refractivity (Wildman–Crippen MR) is 66.8 cm³/mol. The molecular formula is C14H12N2. The second kappa shape index (κ2) is 6.97. The van der Waals surface area contributed by atoms with Gasteiger partial charge in [-0.2, -0.15) is 5.26 Å². The topological polar surface area (TPSA) is 36.1 Å². The summed E-state index contributed by atoms with van der Waals surface area (Å²) in [6.45, 7) is 3.35. The molecule has 0 aliphatic carbocycles. The molecule has 16 heavy (non-hydrogen) atoms. The zero-order valence-corrected chi connectivity index (χ0v) is 8.88. The van der Waals surface area contributed by atoms with Crippen LogP contribution in [0.25, 0.3) is 0 Å². The van der Waals surface area contributed by atoms with Gasteiger partial charge in [-0.1, -0.05) is 36.4 Å². The highest BCUT2D eigenvalue weighted by Gasteiger charge is 1.87. The normalized spacial score (nSPS) is 8.19. The van der Waals surface area contributed by atoms with Crippen LogP contribution in [0.4, 0.5) is 5.69 Å². The molecule has 0 atom stereocenters. The van der Waals surface area contributed by atoms with Crippen molar-refractivity contribution in [3.05, 3.63) is 66.2 Å². The first kappa shape index (κ1) is 11.7. The molecule has 0 aromatic heterocycles. The van der Waals surface area contributed by atoms with Gasteiger partial charge >= 0.3 is 0 Å². The molecule has 0 aliphatic heterocycles. The molecule has 2 rings (SSSR count). The van der Waals surface area contributed by atoms with Crippen LogP contribution in [0.1, 0.15) is 5.56 Å². The highest BCUT2D eigenvalue weighted by Crippen LogP contribution is 2.10. The minimum absolute atomic E-state index is 0.646. The van der Waals surface area contributed by atoms with Crippen molar-refractivity contribution in [2.24, 2.45) is 4.99 Å². The Bertz CT molecular complexity index is 426. The third kappa shape index (κ3) is 4.21. The fourth-order valence-electron chi connectivity index (χ4n) is 1.03. The van der Waals surface area contributed by atoms with Crippen molar-refractivity contribution < 1.29 is 0 Å². The first-order valence-electron chi connectivity index (χ1n) is 4.83. The highest BCUT2D eigenvalue weighted by atomic mass is 14.7. The first-order valence-corrected chi connectivity index (χ1v) is 4.83. The van der Waals surface area contributed by atoms with Crippen LogP contribution in [0.15, 0.2) is 65.7 Å². The number of nitriles is 1. The molecule has 0 radical (unpaired) electrons. The Morgan fingerprint density at radius 2 is 1.31 bits per heavy atom. The minimum atomic E-state index is 0.646. The highest BCUT2D eigenvalue weighted by molar-refractivity contribution is 5.47. The maximum absolute atomic E-state index is 8.40. The molecule has 0 spiro atoms. The second-order valence-electron chi connectivity index (χ2n) is 2.97. The lowest BCUT2D eigenvalue weighted by atomic mass is 10.2. The van der Waals surface area contributed by atoms with Crippen LogP contribution >= 0.6 is 0 Å². The van der Waals surface area contributed by atoms with E-state index in [0.29, 0.717) is 5.56 Å². The SMILES string of the molecule is C=Nc1ccc(C#N)cc1.c1ccccc1. The van der Waals surface area contributed by atoms with Gasteiger partial charge in [-0.15, -0.1) is 0 Å². The Kier molecular flexibility index (Phi) is 5.08. The van der Waals surface area contributed by atoms with Crippen LogP contribution in [0.5, 0.6) is 0 Å². The average Bonchev–Trinajstić information content (AvgIpc) is 2.41. The van der Waals surface area contributed by atoms with E-state index in [2.05, 4.69) is 11.7 Å². The average molecular weight is 208 g/mol. The molecule has 0 saturated carbocycles. The molecule has 78 valence electrons. The molecule has 0 N–H and O–H groups in total. The summed E-state index contributed by atoms with van der Waals surface area (Å²) in [4.78, 5) is 3.69. The molecule has 2 heteroatoms. The van der Waals surface area contributed by atoms with Crippen molar-refractivity contribution in [1.29, 1.82) is 5.26 Å². The van der Waals surface area contributed by atoms with E-state index in [-0.39, 0.29) is 0 Å². The molecule has 0 saturated heterocycles. The number of hydrogen-bond donors (Lipinski definition) is 0. The second-order valence-corrected chi connectivity index (χ2v) is 2.97. The van der Waals surface area contributed by atoms with Gasteiger partial charge in [-0.3, -0.25) is 4.99 Å². The van der Waals surface area contributed by atoms with Crippen molar-refractivity contribution in [2.75, 3.05) is 0 Å². The van der Waals surface area contributed by atoms with E-state index >= 15 is 0 Å². The maximum Gasteiger partial charge on any atom is 0.0991 e. The van der Waals surface area contributed by atoms with Crippen LogP contribution < -0.4 is 0 Å². The molecule has 0 amide bonds. The van der Waals surface area contributed by atoms with Crippen LogP contribution in [-0.2, 0) is 0 Å². The molecule has 0 aliphatic rings. The minimum Gasteiger partial charge on any atom is -0.265 e. The van der Waals surface area contributed by atoms with Crippen LogP contribution in [0, 0.1) is 11.3 Å². The standard InChI is InChI=1S/C8H6N2.C6H6/c1-10-8-4-2-7(6-9)3-5-8;1-2-4-6-5-3-1/h2-5H,1H2;1-6H. The van der Waals surface area contributed by atoms with E-state index < -0.39 is 0 Å². The van der Waals surface area contributed by atoms with Crippen molar-refractivity contribution >= 4 is 12.4 Å². The van der Waals surface area contributed by atoms with Gasteiger partial charge in [-0.05, 0) is 31.0 Å². The quantitative estimate of drug-likeness (QED) is 0.660. The van der Waals surface area contributed by atoms with Gasteiger partial charge in [0.25, 0.3) is 0 Å². The lowest BCUT2D eigenvalue weighted by Crippen LogP contribution is -1.69. The monoisotopic (exact) mass is 208 g/mol. The zero-order valence-electron chi connectivity index (χ0n) is 8.88. The van der Waals surface area contributed by atoms with Crippen LogP contribution in [-0.4, -0.2) is 6.72 Å². The van der Waals surface area contributed by atoms with Crippen molar-refractivity contribution in [3.63, 3.8) is 0 Å². The molecule has 2 aromatic carbocycles. The first-order chi connectivity index (χ1) is 7.86. The lowest BCUT2D eigenvalue weighted by Gasteiger charge is -1.89. The van der Waals surface area contributed by atoms with E-state index in [9.17, 15) is 0 Å². The molecule has 2 aromatic rings. The lowest BCUT2D eigenvalue weighted by molar-refractivity contribution is 1.47. The van der Waals surface area contributed by atoms with Gasteiger partial charge < -0.3 is 0 Å². The van der Waals surface area contributed by atoms with Gasteiger partial charge in [0.05, 0.1) is 17.3 Å². The van der Waals surface area contributed by atoms with Gasteiger partial charge in [0, 0.05) is 0 Å². The molecule has 2 nitrogen and oxygen atoms in total. The number of hydrogen-bond acceptors (Lipinski definition) is 2. The van der Waals surface area contributed by atoms with Gasteiger partial charge in [0.2, 0.25) is 0 Å². The van der Waals surface area contributed by atoms with E-state index in [1.165, 1.54) is 0 Å². The third-order valence-corrected chi connectivity index (χ3v) is 1.85. The number of nitrogens with zero attached hydrogens (tertiary/aromatic N) is 2. The molecular weight excluding hydrogens is 196 g/mol. The molecule has 0 fully saturated rings. The van der Waals surface area contributed by atoms with Crippen molar-refractivity contribution in [2.45, 2.75) is 0 Å². The van der Waals surface area contributed by atoms with Crippen LogP contribution in [0.2, 0.25) is 0 Å². The van der Waals surface area contributed by atoms with Crippen molar-refractivity contribution in [3.8, 4) is 6.07 Å². The summed E-state index contributed by atoms with van der Waals surface area (Å²) >= 11 is 0. The third-order valence-electron chi connectivity index (χ3n) is 1.85. The summed E-state index contributed by atoms with van der Waals surface area (Å²) in [6, 6.07) is 21.0. The summed E-state index contributed by atoms with van der Waals surface area (Å²) in [5.74, 6) is 0. The maximum atomic E-state index is 8.40. The molecule has 0 unspecified atom stereocenters. The van der Waals surface area contributed by atoms with Gasteiger partial charge in [0.15, 0.2) is 0 Å². The summed E-state index contributed by atoms with van der Waals surface area (Å²) in [5, 5.41) is 8.40. The molecule has 0 bridgehead atoms. The fraction of sp³-hybridized carbons (Fsp3) is 0. The largest absolute Gasteiger partial charge is 0.265 e. The molecule has 0 heterocycles. The Morgan fingerprint density at radius 1 is 0.875 bits per heavy atom. The van der Waals surface area contributed by atoms with Crippen LogP contribution in [0.3, 0.4) is 0 Å². The number of rotatable bonds is 1. The Balaban J connectivity index is 0.000000181. The van der Waals surface area contributed by atoms with Gasteiger partial charge in [-0.25, -0.2) is 0 Å². The Hall–Kier alpha value is -2.40. The summed E-state index contributed by atoms with van der Waals surface area (Å²) < 4.78 is 0. The van der Waals surface area contributed by atoms with E-state index in [4.69, 9.17) is 5.26 Å². The number of aliphatic imine (C=N–C) groups is 1. The predicted octanol–water partition coefficient (Wildman–Crippen LogP) is 3.58. The Morgan fingerprint density at radius 3 is 1.62 bits per heavy atom. The van der Waals surface area contributed by atoms with E-state index in [1.54, 1.807) is 24.3 Å². The smallest absolute Gasteiger partial charge is 0.0991 e. The van der Waals surface area contributed by atoms with Crippen molar-refractivity contribution in [1.82, 2.24) is 0 Å². The summed E-state index contributed by atoms with van der Waals surface area (Å²) in [7, 11) is 0. The van der Waals surface area contributed by atoms with E-state index in [1.807, 2.05) is 42.5 Å². The zero-order chi connectivity index (χ0) is 11.6.